The summed E-state index contributed by atoms with van der Waals surface area (Å²) in [5, 5.41) is 2.86. The van der Waals surface area contributed by atoms with Crippen LogP contribution < -0.4 is 5.32 Å². The Morgan fingerprint density at radius 3 is 2.41 bits per heavy atom. The minimum absolute atomic E-state index is 0.118. The van der Waals surface area contributed by atoms with E-state index in [-0.39, 0.29) is 18.6 Å². The van der Waals surface area contributed by atoms with Crippen LogP contribution in [0.2, 0.25) is 0 Å². The lowest BCUT2D eigenvalue weighted by molar-refractivity contribution is 0.0302. The van der Waals surface area contributed by atoms with Gasteiger partial charge in [0.1, 0.15) is 12.7 Å². The fourth-order valence-corrected chi connectivity index (χ4v) is 3.03. The summed E-state index contributed by atoms with van der Waals surface area (Å²) in [5.74, 6) is -0.381. The summed E-state index contributed by atoms with van der Waals surface area (Å²) in [6, 6.07) is 18.2. The zero-order valence-electron chi connectivity index (χ0n) is 15.1. The first-order chi connectivity index (χ1) is 13.1. The molecule has 0 saturated heterocycles. The van der Waals surface area contributed by atoms with Crippen LogP contribution in [0.15, 0.2) is 72.8 Å². The standard InChI is InChI=1S/C22H23NO4/c1-16-12-13-19(23-22(25)26-15-17-8-4-2-5-9-17)14-20(16)27-21(24)18-10-6-3-7-11-18/h2-11,19-20H,1,12-15H2,(H,23,25)/t19-,20-/m0/s1. The Morgan fingerprint density at radius 2 is 1.70 bits per heavy atom. The van der Waals surface area contributed by atoms with Crippen LogP contribution in [0.1, 0.15) is 35.2 Å². The van der Waals surface area contributed by atoms with Crippen molar-refractivity contribution in [3.05, 3.63) is 83.9 Å². The number of esters is 1. The van der Waals surface area contributed by atoms with Gasteiger partial charge in [-0.1, -0.05) is 55.1 Å². The van der Waals surface area contributed by atoms with Gasteiger partial charge < -0.3 is 14.8 Å². The summed E-state index contributed by atoms with van der Waals surface area (Å²) in [4.78, 5) is 24.3. The molecular weight excluding hydrogens is 342 g/mol. The van der Waals surface area contributed by atoms with Crippen molar-refractivity contribution in [3.63, 3.8) is 0 Å². The second-order valence-electron chi connectivity index (χ2n) is 6.60. The lowest BCUT2D eigenvalue weighted by Crippen LogP contribution is -2.41. The molecule has 0 heterocycles. The first-order valence-electron chi connectivity index (χ1n) is 9.02. The van der Waals surface area contributed by atoms with Crippen LogP contribution in [0.4, 0.5) is 4.79 Å². The van der Waals surface area contributed by atoms with E-state index in [1.807, 2.05) is 36.4 Å². The molecule has 1 amide bonds. The molecule has 0 bridgehead atoms. The normalized spacial score (nSPS) is 19.2. The summed E-state index contributed by atoms with van der Waals surface area (Å²) in [6.07, 6.45) is 1.06. The van der Waals surface area contributed by atoms with Crippen molar-refractivity contribution in [1.82, 2.24) is 5.32 Å². The third kappa shape index (κ3) is 5.45. The van der Waals surface area contributed by atoms with Crippen LogP contribution in [0.25, 0.3) is 0 Å². The number of carbonyl (C=O) groups excluding carboxylic acids is 2. The molecule has 1 fully saturated rings. The Morgan fingerprint density at radius 1 is 1.04 bits per heavy atom. The maximum Gasteiger partial charge on any atom is 0.407 e. The first-order valence-corrected chi connectivity index (χ1v) is 9.02. The SMILES string of the molecule is C=C1CC[C@H](NC(=O)OCc2ccccc2)C[C@@H]1OC(=O)c1ccccc1. The molecule has 1 N–H and O–H groups in total. The van der Waals surface area contributed by atoms with E-state index in [2.05, 4.69) is 11.9 Å². The molecule has 2 atom stereocenters. The zero-order valence-corrected chi connectivity index (χ0v) is 15.1. The third-order valence-electron chi connectivity index (χ3n) is 4.56. The Balaban J connectivity index is 1.50. The zero-order chi connectivity index (χ0) is 19.1. The fraction of sp³-hybridized carbons (Fsp3) is 0.273. The molecule has 1 saturated carbocycles. The highest BCUT2D eigenvalue weighted by Crippen LogP contribution is 2.26. The predicted octanol–water partition coefficient (Wildman–Crippen LogP) is 4.25. The minimum Gasteiger partial charge on any atom is -0.454 e. The van der Waals surface area contributed by atoms with Crippen LogP contribution in [0.3, 0.4) is 0 Å². The molecule has 0 radical (unpaired) electrons. The van der Waals surface area contributed by atoms with Crippen molar-refractivity contribution in [2.45, 2.75) is 38.0 Å². The maximum absolute atomic E-state index is 12.3. The molecule has 3 rings (SSSR count). The van der Waals surface area contributed by atoms with Gasteiger partial charge in [-0.15, -0.1) is 0 Å². The van der Waals surface area contributed by atoms with Crippen LogP contribution >= 0.6 is 0 Å². The molecule has 5 heteroatoms. The molecule has 140 valence electrons. The highest BCUT2D eigenvalue weighted by atomic mass is 16.6. The van der Waals surface area contributed by atoms with Gasteiger partial charge in [0.05, 0.1) is 5.56 Å². The van der Waals surface area contributed by atoms with Crippen molar-refractivity contribution in [2.24, 2.45) is 0 Å². The Labute approximate surface area is 159 Å². The number of nitrogens with one attached hydrogen (secondary N) is 1. The molecule has 2 aromatic carbocycles. The molecule has 5 nitrogen and oxygen atoms in total. The van der Waals surface area contributed by atoms with E-state index in [0.29, 0.717) is 18.4 Å². The van der Waals surface area contributed by atoms with Crippen molar-refractivity contribution in [3.8, 4) is 0 Å². The lowest BCUT2D eigenvalue weighted by atomic mass is 9.89. The Kier molecular flexibility index (Phi) is 6.26. The molecular formula is C22H23NO4. The van der Waals surface area contributed by atoms with Crippen molar-refractivity contribution >= 4 is 12.1 Å². The molecule has 0 aromatic heterocycles. The van der Waals surface area contributed by atoms with Gasteiger partial charge in [-0.05, 0) is 36.1 Å². The number of ether oxygens (including phenoxy) is 2. The highest BCUT2D eigenvalue weighted by Gasteiger charge is 2.29. The van der Waals surface area contributed by atoms with Gasteiger partial charge in [0.25, 0.3) is 0 Å². The van der Waals surface area contributed by atoms with Gasteiger partial charge in [0.15, 0.2) is 0 Å². The van der Waals surface area contributed by atoms with Crippen LogP contribution in [0, 0.1) is 0 Å². The van der Waals surface area contributed by atoms with Crippen molar-refractivity contribution < 1.29 is 19.1 Å². The predicted molar refractivity (Wildman–Crippen MR) is 102 cm³/mol. The number of rotatable bonds is 5. The van der Waals surface area contributed by atoms with E-state index in [0.717, 1.165) is 17.6 Å². The second-order valence-corrected chi connectivity index (χ2v) is 6.60. The number of hydrogen-bond acceptors (Lipinski definition) is 4. The molecule has 0 unspecified atom stereocenters. The van der Waals surface area contributed by atoms with E-state index in [1.54, 1.807) is 24.3 Å². The molecule has 0 aliphatic heterocycles. The Bertz CT molecular complexity index is 788. The molecule has 27 heavy (non-hydrogen) atoms. The minimum atomic E-state index is -0.468. The van der Waals surface area contributed by atoms with E-state index < -0.39 is 12.2 Å². The van der Waals surface area contributed by atoms with Crippen LogP contribution in [0.5, 0.6) is 0 Å². The first kappa shape index (κ1) is 18.7. The number of hydrogen-bond donors (Lipinski definition) is 1. The largest absolute Gasteiger partial charge is 0.454 e. The third-order valence-corrected chi connectivity index (χ3v) is 4.56. The Hall–Kier alpha value is -3.08. The summed E-state index contributed by atoms with van der Waals surface area (Å²) in [6.45, 7) is 4.23. The van der Waals surface area contributed by atoms with Crippen molar-refractivity contribution in [2.75, 3.05) is 0 Å². The quantitative estimate of drug-likeness (QED) is 0.636. The molecule has 1 aliphatic carbocycles. The number of benzene rings is 2. The smallest absolute Gasteiger partial charge is 0.407 e. The maximum atomic E-state index is 12.3. The van der Waals surface area contributed by atoms with Crippen molar-refractivity contribution in [1.29, 1.82) is 0 Å². The van der Waals surface area contributed by atoms with Crippen LogP contribution in [-0.2, 0) is 16.1 Å². The van der Waals surface area contributed by atoms with Crippen LogP contribution in [-0.4, -0.2) is 24.2 Å². The average Bonchev–Trinajstić information content (AvgIpc) is 2.70. The summed E-state index contributed by atoms with van der Waals surface area (Å²) >= 11 is 0. The van der Waals surface area contributed by atoms with Gasteiger partial charge in [0, 0.05) is 12.5 Å². The highest BCUT2D eigenvalue weighted by molar-refractivity contribution is 5.89. The van der Waals surface area contributed by atoms with Gasteiger partial charge in [-0.2, -0.15) is 0 Å². The van der Waals surface area contributed by atoms with Gasteiger partial charge >= 0.3 is 12.1 Å². The number of carbonyl (C=O) groups is 2. The van der Waals surface area contributed by atoms with E-state index in [1.165, 1.54) is 0 Å². The summed E-state index contributed by atoms with van der Waals surface area (Å²) < 4.78 is 10.9. The second kappa shape index (κ2) is 9.03. The summed E-state index contributed by atoms with van der Waals surface area (Å²) in [7, 11) is 0. The number of amides is 1. The molecule has 2 aromatic rings. The lowest BCUT2D eigenvalue weighted by Gasteiger charge is -2.31. The summed E-state index contributed by atoms with van der Waals surface area (Å²) in [5.41, 5.74) is 2.30. The van der Waals surface area contributed by atoms with E-state index in [9.17, 15) is 9.59 Å². The topological polar surface area (TPSA) is 64.6 Å². The van der Waals surface area contributed by atoms with E-state index in [4.69, 9.17) is 9.47 Å². The average molecular weight is 365 g/mol. The molecule has 1 aliphatic rings. The fourth-order valence-electron chi connectivity index (χ4n) is 3.03. The van der Waals surface area contributed by atoms with Gasteiger partial charge in [0.2, 0.25) is 0 Å². The monoisotopic (exact) mass is 365 g/mol. The number of alkyl carbamates (subject to hydrolysis) is 1. The van der Waals surface area contributed by atoms with E-state index >= 15 is 0 Å². The van der Waals surface area contributed by atoms with Gasteiger partial charge in [-0.25, -0.2) is 9.59 Å². The van der Waals surface area contributed by atoms with Gasteiger partial charge in [-0.3, -0.25) is 0 Å². The molecule has 0 spiro atoms.